The molecule has 4 aromatic rings. The summed E-state index contributed by atoms with van der Waals surface area (Å²) in [7, 11) is 0. The molecule has 0 spiro atoms. The van der Waals surface area contributed by atoms with Crippen LogP contribution in [0.3, 0.4) is 0 Å². The van der Waals surface area contributed by atoms with Crippen molar-refractivity contribution in [2.24, 2.45) is 11.8 Å². The van der Waals surface area contributed by atoms with E-state index in [9.17, 15) is 22.4 Å². The van der Waals surface area contributed by atoms with Gasteiger partial charge < -0.3 is 14.6 Å². The molecule has 0 bridgehead atoms. The number of anilines is 2. The number of fused-ring (bicyclic) bond motifs is 2. The van der Waals surface area contributed by atoms with Gasteiger partial charge in [0.25, 0.3) is 11.8 Å². The van der Waals surface area contributed by atoms with Crippen molar-refractivity contribution in [1.29, 1.82) is 0 Å². The maximum atomic E-state index is 14.6. The predicted molar refractivity (Wildman–Crippen MR) is 108 cm³/mol. The quantitative estimate of drug-likeness (QED) is 0.451. The van der Waals surface area contributed by atoms with Gasteiger partial charge in [0.1, 0.15) is 23.5 Å². The van der Waals surface area contributed by atoms with Crippen LogP contribution in [0.1, 0.15) is 10.4 Å². The maximum Gasteiger partial charge on any atom is 0.259 e. The predicted octanol–water partition coefficient (Wildman–Crippen LogP) is 3.84. The summed E-state index contributed by atoms with van der Waals surface area (Å²) < 4.78 is 61.4. The molecule has 1 saturated heterocycles. The van der Waals surface area contributed by atoms with Crippen molar-refractivity contribution in [3.8, 4) is 11.4 Å². The highest BCUT2D eigenvalue weighted by molar-refractivity contribution is 6.12. The number of nitrogens with zero attached hydrogens (tertiary/aromatic N) is 4. The van der Waals surface area contributed by atoms with Gasteiger partial charge in [0.15, 0.2) is 5.82 Å². The van der Waals surface area contributed by atoms with Crippen LogP contribution in [0.25, 0.3) is 22.4 Å². The van der Waals surface area contributed by atoms with E-state index in [0.29, 0.717) is 0 Å². The Labute approximate surface area is 182 Å². The number of hydrogen-bond donors (Lipinski definition) is 2. The topological polar surface area (TPSA) is 99.9 Å². The monoisotopic (exact) mass is 458 g/mol. The highest BCUT2D eigenvalue weighted by Crippen LogP contribution is 2.59. The van der Waals surface area contributed by atoms with Crippen LogP contribution in [-0.2, 0) is 0 Å². The summed E-state index contributed by atoms with van der Waals surface area (Å²) in [6, 6.07) is 6.54. The Morgan fingerprint density at radius 3 is 2.64 bits per heavy atom. The number of alkyl halides is 2. The van der Waals surface area contributed by atoms with E-state index in [2.05, 4.69) is 25.9 Å². The minimum Gasteiger partial charge on any atom is -0.463 e. The highest BCUT2D eigenvalue weighted by Gasteiger charge is 2.71. The molecule has 2 unspecified atom stereocenters. The van der Waals surface area contributed by atoms with Crippen LogP contribution in [0.2, 0.25) is 0 Å². The number of aromatic amines is 1. The normalized spacial score (nSPS) is 20.8. The van der Waals surface area contributed by atoms with Crippen molar-refractivity contribution in [1.82, 2.24) is 20.6 Å². The van der Waals surface area contributed by atoms with E-state index >= 15 is 0 Å². The summed E-state index contributed by atoms with van der Waals surface area (Å²) in [6.07, 6.45) is 1.17. The van der Waals surface area contributed by atoms with Gasteiger partial charge in [0, 0.05) is 24.2 Å². The Hall–Kier alpha value is -3.96. The first-order valence-corrected chi connectivity index (χ1v) is 10.0. The van der Waals surface area contributed by atoms with Crippen LogP contribution in [0, 0.1) is 23.5 Å². The molecule has 168 valence electrons. The fourth-order valence-corrected chi connectivity index (χ4v) is 4.42. The van der Waals surface area contributed by atoms with Crippen LogP contribution < -0.4 is 10.2 Å². The Morgan fingerprint density at radius 1 is 1.15 bits per heavy atom. The zero-order valence-electron chi connectivity index (χ0n) is 16.7. The van der Waals surface area contributed by atoms with Crippen LogP contribution in [-0.4, -0.2) is 45.5 Å². The van der Waals surface area contributed by atoms with Gasteiger partial charge in [-0.3, -0.25) is 4.79 Å². The average Bonchev–Trinajstić information content (AvgIpc) is 3.36. The zero-order valence-corrected chi connectivity index (χ0v) is 16.7. The minimum atomic E-state index is -2.65. The second kappa shape index (κ2) is 6.77. The third-order valence-corrected chi connectivity index (χ3v) is 6.25. The van der Waals surface area contributed by atoms with Crippen LogP contribution in [0.4, 0.5) is 28.9 Å². The van der Waals surface area contributed by atoms with E-state index in [4.69, 9.17) is 4.42 Å². The lowest BCUT2D eigenvalue weighted by Gasteiger charge is -2.22. The number of halogens is 4. The van der Waals surface area contributed by atoms with E-state index < -0.39 is 35.3 Å². The molecule has 1 amide bonds. The number of nitrogens with one attached hydrogen (secondary N) is 2. The average molecular weight is 458 g/mol. The first-order valence-electron chi connectivity index (χ1n) is 10.0. The fraction of sp³-hybridized carbons (Fsp3) is 0.238. The minimum absolute atomic E-state index is 0.0532. The van der Waals surface area contributed by atoms with Gasteiger partial charge in [-0.25, -0.2) is 22.7 Å². The molecule has 0 radical (unpaired) electrons. The van der Waals surface area contributed by atoms with Crippen LogP contribution >= 0.6 is 0 Å². The summed E-state index contributed by atoms with van der Waals surface area (Å²) in [6.45, 7) is 0.192. The van der Waals surface area contributed by atoms with E-state index in [1.54, 1.807) is 4.90 Å². The number of carbonyl (C=O) groups is 1. The van der Waals surface area contributed by atoms with E-state index in [0.717, 1.165) is 12.1 Å². The Balaban J connectivity index is 1.22. The van der Waals surface area contributed by atoms with Gasteiger partial charge in [0.2, 0.25) is 0 Å². The first kappa shape index (κ1) is 19.7. The molecule has 6 rings (SSSR count). The van der Waals surface area contributed by atoms with Crippen LogP contribution in [0.5, 0.6) is 0 Å². The number of carbonyl (C=O) groups excluding carboxylic acids is 1. The largest absolute Gasteiger partial charge is 0.463 e. The molecule has 8 nitrogen and oxygen atoms in total. The third-order valence-electron chi connectivity index (χ3n) is 6.25. The number of piperidine rings is 1. The standard InChI is InChI=1S/C21H14F4N6O2/c22-15-4-10-12(8-33-18(10)5-11(15)19-27-29-30-28-19)20(32)26-9-1-2-17(16(23)3-9)31-6-13-14(7-31)21(13,24)25/h1-5,8,13-14H,6-7H2,(H,26,32)(H,27,28,29,30). The Kier molecular flexibility index (Phi) is 4.04. The number of aromatic nitrogens is 4. The number of hydrogen-bond acceptors (Lipinski definition) is 6. The number of furan rings is 1. The van der Waals surface area contributed by atoms with Crippen molar-refractivity contribution in [2.75, 3.05) is 23.3 Å². The summed E-state index contributed by atoms with van der Waals surface area (Å²) in [5.74, 6) is -5.94. The Bertz CT molecular complexity index is 1390. The molecule has 2 atom stereocenters. The van der Waals surface area contributed by atoms with Gasteiger partial charge in [-0.2, -0.15) is 0 Å². The molecule has 3 heterocycles. The molecular weight excluding hydrogens is 444 g/mol. The van der Waals surface area contributed by atoms with Crippen molar-refractivity contribution < 1.29 is 26.8 Å². The van der Waals surface area contributed by atoms with E-state index in [-0.39, 0.29) is 52.4 Å². The first-order chi connectivity index (χ1) is 15.8. The highest BCUT2D eigenvalue weighted by atomic mass is 19.3. The molecule has 1 saturated carbocycles. The van der Waals surface area contributed by atoms with Gasteiger partial charge >= 0.3 is 0 Å². The lowest BCUT2D eigenvalue weighted by molar-refractivity contribution is 0.0796. The van der Waals surface area contributed by atoms with Gasteiger partial charge in [-0.05, 0) is 40.8 Å². The molecule has 2 aromatic heterocycles. The zero-order chi connectivity index (χ0) is 22.9. The van der Waals surface area contributed by atoms with Gasteiger partial charge in [-0.15, -0.1) is 5.10 Å². The maximum absolute atomic E-state index is 14.6. The SMILES string of the molecule is O=C(Nc1ccc(N2CC3C(C2)C3(F)F)c(F)c1)c1coc2cc(-c3nnn[nH]3)c(F)cc12. The summed E-state index contributed by atoms with van der Waals surface area (Å²) in [5, 5.41) is 15.7. The van der Waals surface area contributed by atoms with Gasteiger partial charge in [-0.1, -0.05) is 0 Å². The van der Waals surface area contributed by atoms with Crippen molar-refractivity contribution in [3.05, 3.63) is 53.8 Å². The van der Waals surface area contributed by atoms with Gasteiger partial charge in [0.05, 0.1) is 28.7 Å². The summed E-state index contributed by atoms with van der Waals surface area (Å²) in [5.41, 5.74) is 0.733. The lowest BCUT2D eigenvalue weighted by Crippen LogP contribution is -2.28. The molecule has 1 aliphatic carbocycles. The molecule has 2 N–H and O–H groups in total. The van der Waals surface area contributed by atoms with Crippen molar-refractivity contribution >= 4 is 28.3 Å². The molecule has 2 fully saturated rings. The van der Waals surface area contributed by atoms with Crippen LogP contribution in [0.15, 0.2) is 41.0 Å². The van der Waals surface area contributed by atoms with E-state index in [1.807, 2.05) is 0 Å². The molecule has 12 heteroatoms. The lowest BCUT2D eigenvalue weighted by atomic mass is 10.1. The Morgan fingerprint density at radius 2 is 1.94 bits per heavy atom. The number of benzene rings is 2. The summed E-state index contributed by atoms with van der Waals surface area (Å²) >= 11 is 0. The number of tetrazole rings is 1. The summed E-state index contributed by atoms with van der Waals surface area (Å²) in [4.78, 5) is 14.3. The number of H-pyrrole nitrogens is 1. The smallest absolute Gasteiger partial charge is 0.259 e. The third kappa shape index (κ3) is 3.04. The van der Waals surface area contributed by atoms with Crippen molar-refractivity contribution in [3.63, 3.8) is 0 Å². The second-order valence-electron chi connectivity index (χ2n) is 8.14. The number of rotatable bonds is 4. The van der Waals surface area contributed by atoms with E-state index in [1.165, 1.54) is 24.5 Å². The fourth-order valence-electron chi connectivity index (χ4n) is 4.42. The molecule has 2 aliphatic rings. The number of amides is 1. The second-order valence-corrected chi connectivity index (χ2v) is 8.14. The molecule has 2 aromatic carbocycles. The van der Waals surface area contributed by atoms with Crippen molar-refractivity contribution in [2.45, 2.75) is 5.92 Å². The molecule has 1 aliphatic heterocycles. The molecular formula is C21H14F4N6O2. The molecule has 33 heavy (non-hydrogen) atoms.